The highest BCUT2D eigenvalue weighted by Gasteiger charge is 2.15. The molecule has 0 saturated heterocycles. The minimum atomic E-state index is -0.336. The van der Waals surface area contributed by atoms with Crippen LogP contribution < -0.4 is 0 Å². The van der Waals surface area contributed by atoms with Gasteiger partial charge in [0, 0.05) is 6.07 Å². The van der Waals surface area contributed by atoms with Crippen LogP contribution in [-0.4, -0.2) is 4.92 Å². The van der Waals surface area contributed by atoms with Gasteiger partial charge < -0.3 is 0 Å². The number of rotatable bonds is 2. The lowest BCUT2D eigenvalue weighted by atomic mass is 9.97. The number of para-hydroxylation sites is 1. The molecule has 2 aromatic rings. The summed E-state index contributed by atoms with van der Waals surface area (Å²) < 4.78 is 0. The highest BCUT2D eigenvalue weighted by molar-refractivity contribution is 5.76. The lowest BCUT2D eigenvalue weighted by Gasteiger charge is -2.07. The van der Waals surface area contributed by atoms with Gasteiger partial charge in [-0.15, -0.1) is 0 Å². The number of nitrogens with zero attached hydrogens (tertiary/aromatic N) is 1. The summed E-state index contributed by atoms with van der Waals surface area (Å²) in [5, 5.41) is 11.0. The summed E-state index contributed by atoms with van der Waals surface area (Å²) in [5.41, 5.74) is 3.91. The Morgan fingerprint density at radius 3 is 2.41 bits per heavy atom. The van der Waals surface area contributed by atoms with E-state index in [9.17, 15) is 10.1 Å². The Hall–Kier alpha value is -2.16. The first-order valence-electron chi connectivity index (χ1n) is 5.40. The first-order valence-corrected chi connectivity index (χ1v) is 5.40. The summed E-state index contributed by atoms with van der Waals surface area (Å²) in [6.07, 6.45) is 0. The summed E-state index contributed by atoms with van der Waals surface area (Å²) in [4.78, 5) is 10.7. The summed E-state index contributed by atoms with van der Waals surface area (Å²) >= 11 is 0. The molecule has 2 aromatic carbocycles. The van der Waals surface area contributed by atoms with E-state index in [4.69, 9.17) is 0 Å². The molecule has 3 nitrogen and oxygen atoms in total. The average Bonchev–Trinajstić information content (AvgIpc) is 2.32. The lowest BCUT2D eigenvalue weighted by molar-refractivity contribution is -0.384. The molecule has 0 radical (unpaired) electrons. The second kappa shape index (κ2) is 4.37. The maximum absolute atomic E-state index is 11.0. The van der Waals surface area contributed by atoms with Gasteiger partial charge in [-0.2, -0.15) is 0 Å². The second-order valence-corrected chi connectivity index (χ2v) is 4.09. The zero-order valence-electron chi connectivity index (χ0n) is 9.81. The third-order valence-corrected chi connectivity index (χ3v) is 2.78. The van der Waals surface area contributed by atoms with Crippen LogP contribution >= 0.6 is 0 Å². The van der Waals surface area contributed by atoms with Gasteiger partial charge >= 0.3 is 0 Å². The van der Waals surface area contributed by atoms with Crippen LogP contribution in [0.5, 0.6) is 0 Å². The van der Waals surface area contributed by atoms with Gasteiger partial charge in [0.05, 0.1) is 10.5 Å². The maximum Gasteiger partial charge on any atom is 0.277 e. The molecule has 0 unspecified atom stereocenters. The van der Waals surface area contributed by atoms with Gasteiger partial charge in [0.15, 0.2) is 0 Å². The van der Waals surface area contributed by atoms with E-state index in [-0.39, 0.29) is 10.6 Å². The Balaban J connectivity index is 2.68. The van der Waals surface area contributed by atoms with Crippen molar-refractivity contribution in [3.63, 3.8) is 0 Å². The van der Waals surface area contributed by atoms with E-state index in [0.29, 0.717) is 5.56 Å². The Bertz CT molecular complexity index is 576. The fourth-order valence-corrected chi connectivity index (χ4v) is 1.89. The standard InChI is InChI=1S/C14H13NO2/c1-10-7-8-11(2)13(9-10)12-5-3-4-6-14(12)15(16)17/h3-9H,1-2H3. The predicted molar refractivity (Wildman–Crippen MR) is 68.0 cm³/mol. The van der Waals surface area contributed by atoms with Gasteiger partial charge in [0.25, 0.3) is 5.69 Å². The van der Waals surface area contributed by atoms with Gasteiger partial charge in [-0.25, -0.2) is 0 Å². The number of nitro groups is 1. The molecule has 0 N–H and O–H groups in total. The van der Waals surface area contributed by atoms with Crippen LogP contribution in [0.2, 0.25) is 0 Å². The Morgan fingerprint density at radius 2 is 1.71 bits per heavy atom. The SMILES string of the molecule is Cc1ccc(C)c(-c2ccccc2[N+](=O)[O-])c1. The van der Waals surface area contributed by atoms with E-state index >= 15 is 0 Å². The molecule has 0 atom stereocenters. The number of hydrogen-bond donors (Lipinski definition) is 0. The second-order valence-electron chi connectivity index (χ2n) is 4.09. The van der Waals surface area contributed by atoms with Gasteiger partial charge in [-0.3, -0.25) is 10.1 Å². The molecule has 3 heteroatoms. The normalized spacial score (nSPS) is 10.2. The van der Waals surface area contributed by atoms with Crippen LogP contribution in [0.15, 0.2) is 42.5 Å². The molecule has 0 amide bonds. The molecule has 17 heavy (non-hydrogen) atoms. The summed E-state index contributed by atoms with van der Waals surface area (Å²) in [6.45, 7) is 3.95. The van der Waals surface area contributed by atoms with Crippen molar-refractivity contribution in [3.05, 3.63) is 63.7 Å². The van der Waals surface area contributed by atoms with Crippen molar-refractivity contribution in [1.82, 2.24) is 0 Å². The van der Waals surface area contributed by atoms with E-state index in [0.717, 1.165) is 16.7 Å². The number of hydrogen-bond acceptors (Lipinski definition) is 2. The molecule has 0 aromatic heterocycles. The highest BCUT2D eigenvalue weighted by Crippen LogP contribution is 2.32. The van der Waals surface area contributed by atoms with E-state index < -0.39 is 0 Å². The van der Waals surface area contributed by atoms with E-state index in [2.05, 4.69) is 0 Å². The minimum Gasteiger partial charge on any atom is -0.258 e. The van der Waals surface area contributed by atoms with Crippen molar-refractivity contribution >= 4 is 5.69 Å². The van der Waals surface area contributed by atoms with Gasteiger partial charge in [-0.05, 0) is 31.0 Å². The third kappa shape index (κ3) is 2.18. The van der Waals surface area contributed by atoms with Crippen molar-refractivity contribution in [1.29, 1.82) is 0 Å². The van der Waals surface area contributed by atoms with Gasteiger partial charge in [0.2, 0.25) is 0 Å². The third-order valence-electron chi connectivity index (χ3n) is 2.78. The fraction of sp³-hybridized carbons (Fsp3) is 0.143. The maximum atomic E-state index is 11.0. The summed E-state index contributed by atoms with van der Waals surface area (Å²) in [7, 11) is 0. The molecule has 2 rings (SSSR count). The van der Waals surface area contributed by atoms with Crippen LogP contribution in [0.25, 0.3) is 11.1 Å². The molecule has 0 bridgehead atoms. The topological polar surface area (TPSA) is 43.1 Å². The van der Waals surface area contributed by atoms with Crippen LogP contribution in [0.1, 0.15) is 11.1 Å². The van der Waals surface area contributed by atoms with E-state index in [1.807, 2.05) is 38.1 Å². The highest BCUT2D eigenvalue weighted by atomic mass is 16.6. The molecule has 0 saturated carbocycles. The zero-order valence-corrected chi connectivity index (χ0v) is 9.81. The molecular weight excluding hydrogens is 214 g/mol. The molecule has 0 fully saturated rings. The molecule has 0 heterocycles. The monoisotopic (exact) mass is 227 g/mol. The van der Waals surface area contributed by atoms with Crippen LogP contribution in [0.4, 0.5) is 5.69 Å². The average molecular weight is 227 g/mol. The fourth-order valence-electron chi connectivity index (χ4n) is 1.89. The number of aryl methyl sites for hydroxylation is 2. The molecule has 0 spiro atoms. The summed E-state index contributed by atoms with van der Waals surface area (Å²) in [6, 6.07) is 12.8. The molecule has 0 aliphatic rings. The smallest absolute Gasteiger partial charge is 0.258 e. The zero-order chi connectivity index (χ0) is 12.4. The molecule has 86 valence electrons. The number of nitro benzene ring substituents is 1. The molecule has 0 aliphatic carbocycles. The van der Waals surface area contributed by atoms with Crippen molar-refractivity contribution in [2.75, 3.05) is 0 Å². The first kappa shape index (κ1) is 11.3. The largest absolute Gasteiger partial charge is 0.277 e. The van der Waals surface area contributed by atoms with Crippen molar-refractivity contribution in [3.8, 4) is 11.1 Å². The Kier molecular flexibility index (Phi) is 2.91. The van der Waals surface area contributed by atoms with Gasteiger partial charge in [-0.1, -0.05) is 35.9 Å². The van der Waals surface area contributed by atoms with Crippen LogP contribution in [-0.2, 0) is 0 Å². The van der Waals surface area contributed by atoms with E-state index in [1.54, 1.807) is 12.1 Å². The molecular formula is C14H13NO2. The van der Waals surface area contributed by atoms with Crippen molar-refractivity contribution in [2.24, 2.45) is 0 Å². The van der Waals surface area contributed by atoms with Crippen molar-refractivity contribution < 1.29 is 4.92 Å². The minimum absolute atomic E-state index is 0.154. The van der Waals surface area contributed by atoms with Crippen molar-refractivity contribution in [2.45, 2.75) is 13.8 Å². The first-order chi connectivity index (χ1) is 8.09. The van der Waals surface area contributed by atoms with Crippen LogP contribution in [0, 0.1) is 24.0 Å². The van der Waals surface area contributed by atoms with Crippen LogP contribution in [0.3, 0.4) is 0 Å². The summed E-state index contributed by atoms with van der Waals surface area (Å²) in [5.74, 6) is 0. The quantitative estimate of drug-likeness (QED) is 0.577. The predicted octanol–water partition coefficient (Wildman–Crippen LogP) is 3.88. The lowest BCUT2D eigenvalue weighted by Crippen LogP contribution is -1.93. The Labute approximate surface area is 99.9 Å². The Morgan fingerprint density at radius 1 is 1.00 bits per heavy atom. The number of benzene rings is 2. The van der Waals surface area contributed by atoms with Gasteiger partial charge in [0.1, 0.15) is 0 Å². The molecule has 0 aliphatic heterocycles. The van der Waals surface area contributed by atoms with E-state index in [1.165, 1.54) is 6.07 Å².